The van der Waals surface area contributed by atoms with Crippen LogP contribution in [0, 0.1) is 0 Å². The highest BCUT2D eigenvalue weighted by atomic mass is 16.5. The van der Waals surface area contributed by atoms with Crippen molar-refractivity contribution >= 4 is 16.9 Å². The van der Waals surface area contributed by atoms with E-state index < -0.39 is 5.97 Å². The maximum Gasteiger partial charge on any atom is 0.357 e. The van der Waals surface area contributed by atoms with E-state index in [9.17, 15) is 4.79 Å². The van der Waals surface area contributed by atoms with E-state index in [-0.39, 0.29) is 0 Å². The van der Waals surface area contributed by atoms with Gasteiger partial charge in [-0.2, -0.15) is 5.10 Å². The average Bonchev–Trinajstić information content (AvgIpc) is 3.00. The number of carbonyl (C=O) groups is 1. The number of hydrogen-bond acceptors (Lipinski definition) is 5. The molecule has 0 fully saturated rings. The van der Waals surface area contributed by atoms with Crippen molar-refractivity contribution in [3.8, 4) is 17.2 Å². The first-order valence-electron chi connectivity index (χ1n) is 7.56. The Kier molecular flexibility index (Phi) is 4.37. The number of benzene rings is 2. The van der Waals surface area contributed by atoms with Crippen molar-refractivity contribution < 1.29 is 19.0 Å². The number of esters is 1. The van der Waals surface area contributed by atoms with E-state index in [1.54, 1.807) is 38.0 Å². The Morgan fingerprint density at radius 2 is 1.83 bits per heavy atom. The van der Waals surface area contributed by atoms with Crippen LogP contribution in [0.3, 0.4) is 0 Å². The lowest BCUT2D eigenvalue weighted by Gasteiger charge is -2.08. The molecule has 3 aromatic rings. The Bertz CT molecular complexity index is 886. The van der Waals surface area contributed by atoms with Gasteiger partial charge in [-0.25, -0.2) is 9.48 Å². The molecule has 0 aliphatic rings. The topological polar surface area (TPSA) is 62.6 Å². The van der Waals surface area contributed by atoms with Gasteiger partial charge in [0.25, 0.3) is 0 Å². The predicted molar refractivity (Wildman–Crippen MR) is 90.1 cm³/mol. The molecule has 0 spiro atoms. The van der Waals surface area contributed by atoms with Crippen LogP contribution in [0.15, 0.2) is 42.5 Å². The summed E-state index contributed by atoms with van der Waals surface area (Å²) < 4.78 is 17.3. The van der Waals surface area contributed by atoms with Gasteiger partial charge < -0.3 is 14.2 Å². The van der Waals surface area contributed by atoms with Crippen molar-refractivity contribution in [1.29, 1.82) is 0 Å². The number of carbonyl (C=O) groups excluding carboxylic acids is 1. The van der Waals surface area contributed by atoms with Crippen molar-refractivity contribution in [2.45, 2.75) is 6.92 Å². The van der Waals surface area contributed by atoms with Crippen molar-refractivity contribution in [1.82, 2.24) is 9.78 Å². The van der Waals surface area contributed by atoms with Crippen LogP contribution in [0.25, 0.3) is 16.6 Å². The van der Waals surface area contributed by atoms with Crippen LogP contribution in [0.2, 0.25) is 0 Å². The van der Waals surface area contributed by atoms with Crippen LogP contribution < -0.4 is 9.47 Å². The first kappa shape index (κ1) is 15.9. The molecule has 1 aromatic heterocycles. The summed E-state index contributed by atoms with van der Waals surface area (Å²) >= 11 is 0. The molecule has 0 amide bonds. The van der Waals surface area contributed by atoms with Gasteiger partial charge in [0, 0.05) is 17.5 Å². The van der Waals surface area contributed by atoms with Crippen LogP contribution in [0.5, 0.6) is 11.5 Å². The van der Waals surface area contributed by atoms with Crippen LogP contribution in [-0.4, -0.2) is 36.6 Å². The van der Waals surface area contributed by atoms with E-state index in [1.807, 2.05) is 30.3 Å². The lowest BCUT2D eigenvalue weighted by molar-refractivity contribution is 0.0518. The maximum absolute atomic E-state index is 12.5. The van der Waals surface area contributed by atoms with E-state index >= 15 is 0 Å². The molecule has 0 bridgehead atoms. The Morgan fingerprint density at radius 3 is 2.54 bits per heavy atom. The van der Waals surface area contributed by atoms with Gasteiger partial charge in [-0.1, -0.05) is 6.07 Å². The first-order valence-corrected chi connectivity index (χ1v) is 7.56. The number of aromatic nitrogens is 2. The second-order valence-corrected chi connectivity index (χ2v) is 5.07. The van der Waals surface area contributed by atoms with Gasteiger partial charge in [0.1, 0.15) is 11.5 Å². The van der Waals surface area contributed by atoms with Crippen LogP contribution in [0.1, 0.15) is 17.4 Å². The third-order valence-corrected chi connectivity index (χ3v) is 3.65. The molecule has 2 aromatic carbocycles. The molecule has 3 rings (SSSR count). The maximum atomic E-state index is 12.5. The van der Waals surface area contributed by atoms with E-state index in [0.29, 0.717) is 40.4 Å². The Balaban J connectivity index is 2.24. The Labute approximate surface area is 139 Å². The van der Waals surface area contributed by atoms with E-state index in [0.717, 1.165) is 0 Å². The number of methoxy groups -OCH3 is 2. The highest BCUT2D eigenvalue weighted by Gasteiger charge is 2.21. The zero-order chi connectivity index (χ0) is 17.1. The summed E-state index contributed by atoms with van der Waals surface area (Å²) in [6.45, 7) is 2.06. The summed E-state index contributed by atoms with van der Waals surface area (Å²) in [6, 6.07) is 12.7. The lowest BCUT2D eigenvalue weighted by Crippen LogP contribution is -2.12. The van der Waals surface area contributed by atoms with Gasteiger partial charge in [-0.05, 0) is 31.2 Å². The standard InChI is InChI=1S/C18H18N2O4/c1-4-24-18(21)17-15-9-8-14(23-3)11-16(15)19-20(17)12-6-5-7-13(10-12)22-2/h5-11H,4H2,1-3H3. The quantitative estimate of drug-likeness (QED) is 0.674. The normalized spacial score (nSPS) is 10.6. The highest BCUT2D eigenvalue weighted by molar-refractivity contribution is 6.03. The molecule has 0 unspecified atom stereocenters. The smallest absolute Gasteiger partial charge is 0.357 e. The van der Waals surface area contributed by atoms with E-state index in [2.05, 4.69) is 5.10 Å². The van der Waals surface area contributed by atoms with Gasteiger partial charge in [0.05, 0.1) is 32.0 Å². The first-order chi connectivity index (χ1) is 11.7. The van der Waals surface area contributed by atoms with Crippen LogP contribution in [-0.2, 0) is 4.74 Å². The van der Waals surface area contributed by atoms with Crippen LogP contribution >= 0.6 is 0 Å². The molecule has 6 nitrogen and oxygen atoms in total. The minimum absolute atomic E-state index is 0.291. The summed E-state index contributed by atoms with van der Waals surface area (Å²) in [6.07, 6.45) is 0. The largest absolute Gasteiger partial charge is 0.497 e. The highest BCUT2D eigenvalue weighted by Crippen LogP contribution is 2.27. The van der Waals surface area contributed by atoms with Gasteiger partial charge in [0.15, 0.2) is 5.69 Å². The van der Waals surface area contributed by atoms with E-state index in [1.165, 1.54) is 0 Å². The molecular formula is C18H18N2O4. The molecule has 124 valence electrons. The number of hydrogen-bond donors (Lipinski definition) is 0. The monoisotopic (exact) mass is 326 g/mol. The number of rotatable bonds is 5. The minimum Gasteiger partial charge on any atom is -0.497 e. The summed E-state index contributed by atoms with van der Waals surface area (Å²) in [5, 5.41) is 5.26. The fourth-order valence-electron chi connectivity index (χ4n) is 2.52. The average molecular weight is 326 g/mol. The zero-order valence-corrected chi connectivity index (χ0v) is 13.8. The molecule has 0 saturated heterocycles. The molecule has 1 heterocycles. The molecule has 0 atom stereocenters. The van der Waals surface area contributed by atoms with Crippen molar-refractivity contribution in [2.24, 2.45) is 0 Å². The van der Waals surface area contributed by atoms with E-state index in [4.69, 9.17) is 14.2 Å². The third-order valence-electron chi connectivity index (χ3n) is 3.65. The second-order valence-electron chi connectivity index (χ2n) is 5.07. The Hall–Kier alpha value is -3.02. The zero-order valence-electron chi connectivity index (χ0n) is 13.8. The molecule has 0 radical (unpaired) electrons. The SMILES string of the molecule is CCOC(=O)c1c2ccc(OC)cc2nn1-c1cccc(OC)c1. The minimum atomic E-state index is -0.423. The van der Waals surface area contributed by atoms with Gasteiger partial charge >= 0.3 is 5.97 Å². The lowest BCUT2D eigenvalue weighted by atomic mass is 10.2. The fraction of sp³-hybridized carbons (Fsp3) is 0.222. The molecular weight excluding hydrogens is 308 g/mol. The number of ether oxygens (including phenoxy) is 3. The molecule has 0 aliphatic carbocycles. The van der Waals surface area contributed by atoms with Gasteiger partial charge in [-0.3, -0.25) is 0 Å². The van der Waals surface area contributed by atoms with Crippen molar-refractivity contribution in [2.75, 3.05) is 20.8 Å². The summed E-state index contributed by atoms with van der Waals surface area (Å²) in [5.41, 5.74) is 1.75. The summed E-state index contributed by atoms with van der Waals surface area (Å²) in [7, 11) is 3.18. The number of nitrogens with zero attached hydrogens (tertiary/aromatic N) is 2. The molecule has 0 N–H and O–H groups in total. The molecule has 6 heteroatoms. The van der Waals surface area contributed by atoms with Crippen molar-refractivity contribution in [3.05, 3.63) is 48.2 Å². The third kappa shape index (κ3) is 2.78. The summed E-state index contributed by atoms with van der Waals surface area (Å²) in [5.74, 6) is 0.931. The van der Waals surface area contributed by atoms with Crippen LogP contribution in [0.4, 0.5) is 0 Å². The second kappa shape index (κ2) is 6.62. The molecule has 0 aliphatic heterocycles. The number of fused-ring (bicyclic) bond motifs is 1. The molecule has 24 heavy (non-hydrogen) atoms. The molecule has 0 saturated carbocycles. The van der Waals surface area contributed by atoms with Gasteiger partial charge in [0.2, 0.25) is 0 Å². The fourth-order valence-corrected chi connectivity index (χ4v) is 2.52. The van der Waals surface area contributed by atoms with Crippen molar-refractivity contribution in [3.63, 3.8) is 0 Å². The Morgan fingerprint density at radius 1 is 1.08 bits per heavy atom. The predicted octanol–water partition coefficient (Wildman–Crippen LogP) is 3.22. The van der Waals surface area contributed by atoms with Gasteiger partial charge in [-0.15, -0.1) is 0 Å². The summed E-state index contributed by atoms with van der Waals surface area (Å²) in [4.78, 5) is 12.5.